The van der Waals surface area contributed by atoms with Gasteiger partial charge in [-0.05, 0) is 26.0 Å². The fourth-order valence-electron chi connectivity index (χ4n) is 1.86. The molecule has 0 aliphatic heterocycles. The van der Waals surface area contributed by atoms with Crippen LogP contribution in [0.25, 0.3) is 11.1 Å². The van der Waals surface area contributed by atoms with E-state index in [1.165, 1.54) is 0 Å². The highest BCUT2D eigenvalue weighted by Gasteiger charge is 2.13. The van der Waals surface area contributed by atoms with Crippen LogP contribution in [0.2, 0.25) is 0 Å². The Morgan fingerprint density at radius 3 is 2.39 bits per heavy atom. The molecule has 0 atom stereocenters. The van der Waals surface area contributed by atoms with Crippen LogP contribution in [-0.4, -0.2) is 17.3 Å². The number of rotatable bonds is 2. The van der Waals surface area contributed by atoms with Crippen LogP contribution in [0.4, 0.5) is 5.69 Å². The van der Waals surface area contributed by atoms with Crippen LogP contribution in [0.5, 0.6) is 5.75 Å². The lowest BCUT2D eigenvalue weighted by Gasteiger charge is -2.09. The molecular formula is C12H17Cl2N3O. The zero-order valence-electron chi connectivity index (χ0n) is 10.5. The van der Waals surface area contributed by atoms with Crippen molar-refractivity contribution in [3.05, 3.63) is 29.6 Å². The summed E-state index contributed by atoms with van der Waals surface area (Å²) >= 11 is 0. The van der Waals surface area contributed by atoms with Gasteiger partial charge in [0.05, 0.1) is 12.8 Å². The van der Waals surface area contributed by atoms with Gasteiger partial charge in [-0.3, -0.25) is 5.10 Å². The van der Waals surface area contributed by atoms with Crippen molar-refractivity contribution in [3.8, 4) is 16.9 Å². The molecule has 0 bridgehead atoms. The summed E-state index contributed by atoms with van der Waals surface area (Å²) < 4.78 is 5.34. The molecule has 100 valence electrons. The first-order chi connectivity index (χ1) is 7.63. The van der Waals surface area contributed by atoms with Gasteiger partial charge in [0.25, 0.3) is 0 Å². The molecule has 18 heavy (non-hydrogen) atoms. The van der Waals surface area contributed by atoms with Crippen molar-refractivity contribution >= 4 is 30.5 Å². The maximum atomic E-state index is 5.73. The number of methoxy groups -OCH3 is 1. The third kappa shape index (κ3) is 2.89. The van der Waals surface area contributed by atoms with Crippen molar-refractivity contribution < 1.29 is 4.74 Å². The summed E-state index contributed by atoms with van der Waals surface area (Å²) in [5, 5.41) is 7.14. The first kappa shape index (κ1) is 16.6. The summed E-state index contributed by atoms with van der Waals surface area (Å²) in [6.07, 6.45) is 0. The summed E-state index contributed by atoms with van der Waals surface area (Å²) in [6.45, 7) is 3.96. The Bertz CT molecular complexity index is 507. The van der Waals surface area contributed by atoms with Crippen LogP contribution in [0.1, 0.15) is 11.4 Å². The van der Waals surface area contributed by atoms with Crippen LogP contribution in [0, 0.1) is 13.8 Å². The molecule has 6 heteroatoms. The lowest BCUT2D eigenvalue weighted by Crippen LogP contribution is -1.92. The highest BCUT2D eigenvalue weighted by Crippen LogP contribution is 2.34. The van der Waals surface area contributed by atoms with E-state index < -0.39 is 0 Å². The Morgan fingerprint density at radius 1 is 1.22 bits per heavy atom. The molecule has 0 amide bonds. The quantitative estimate of drug-likeness (QED) is 0.835. The molecule has 4 nitrogen and oxygen atoms in total. The Morgan fingerprint density at radius 2 is 1.89 bits per heavy atom. The second-order valence-corrected chi connectivity index (χ2v) is 3.77. The summed E-state index contributed by atoms with van der Waals surface area (Å²) in [4.78, 5) is 0. The molecule has 2 aromatic rings. The number of nitrogens with zero attached hydrogens (tertiary/aromatic N) is 1. The number of nitrogen functional groups attached to an aromatic ring is 1. The number of ether oxygens (including phenoxy) is 1. The average Bonchev–Trinajstić information content (AvgIpc) is 2.59. The van der Waals surface area contributed by atoms with Gasteiger partial charge in [0, 0.05) is 28.6 Å². The molecule has 1 heterocycles. The number of hydrogen-bond acceptors (Lipinski definition) is 3. The van der Waals surface area contributed by atoms with E-state index in [4.69, 9.17) is 10.5 Å². The third-order valence-electron chi connectivity index (χ3n) is 2.62. The van der Waals surface area contributed by atoms with Gasteiger partial charge in [0.15, 0.2) is 0 Å². The van der Waals surface area contributed by atoms with Gasteiger partial charge in [0.2, 0.25) is 0 Å². The minimum absolute atomic E-state index is 0. The van der Waals surface area contributed by atoms with Crippen molar-refractivity contribution in [1.29, 1.82) is 0 Å². The molecular weight excluding hydrogens is 273 g/mol. The van der Waals surface area contributed by atoms with Crippen LogP contribution in [0.15, 0.2) is 18.2 Å². The maximum absolute atomic E-state index is 5.73. The van der Waals surface area contributed by atoms with Gasteiger partial charge in [0.1, 0.15) is 5.75 Å². The second kappa shape index (κ2) is 6.52. The number of aryl methyl sites for hydroxylation is 2. The number of halogens is 2. The molecule has 0 spiro atoms. The van der Waals surface area contributed by atoms with E-state index in [0.717, 1.165) is 28.3 Å². The van der Waals surface area contributed by atoms with E-state index in [9.17, 15) is 0 Å². The van der Waals surface area contributed by atoms with E-state index in [-0.39, 0.29) is 24.8 Å². The molecule has 0 saturated carbocycles. The van der Waals surface area contributed by atoms with Crippen molar-refractivity contribution in [2.45, 2.75) is 13.8 Å². The van der Waals surface area contributed by atoms with Crippen LogP contribution < -0.4 is 10.5 Å². The molecule has 1 aromatic carbocycles. The summed E-state index contributed by atoms with van der Waals surface area (Å²) in [5.74, 6) is 0.771. The van der Waals surface area contributed by atoms with Crippen molar-refractivity contribution in [2.75, 3.05) is 12.8 Å². The predicted octanol–water partition coefficient (Wildman–Crippen LogP) is 3.13. The Labute approximate surface area is 119 Å². The summed E-state index contributed by atoms with van der Waals surface area (Å²) in [7, 11) is 1.64. The first-order valence-corrected chi connectivity index (χ1v) is 5.09. The minimum Gasteiger partial charge on any atom is -0.496 e. The molecule has 0 aliphatic carbocycles. The number of nitrogens with two attached hydrogens (primary N) is 1. The molecule has 2 rings (SSSR count). The van der Waals surface area contributed by atoms with Crippen molar-refractivity contribution in [3.63, 3.8) is 0 Å². The fraction of sp³-hybridized carbons (Fsp3) is 0.250. The SMILES string of the molecule is COc1cc(N)ccc1-c1c(C)n[nH]c1C.Cl.Cl. The van der Waals surface area contributed by atoms with Crippen LogP contribution in [-0.2, 0) is 0 Å². The van der Waals surface area contributed by atoms with E-state index >= 15 is 0 Å². The smallest absolute Gasteiger partial charge is 0.128 e. The molecule has 0 aliphatic rings. The molecule has 3 N–H and O–H groups in total. The van der Waals surface area contributed by atoms with Gasteiger partial charge in [-0.25, -0.2) is 0 Å². The zero-order valence-corrected chi connectivity index (χ0v) is 12.1. The Kier molecular flexibility index (Phi) is 6.01. The largest absolute Gasteiger partial charge is 0.496 e. The fourth-order valence-corrected chi connectivity index (χ4v) is 1.86. The predicted molar refractivity (Wildman–Crippen MR) is 79.0 cm³/mol. The van der Waals surface area contributed by atoms with Gasteiger partial charge >= 0.3 is 0 Å². The van der Waals surface area contributed by atoms with Gasteiger partial charge in [-0.2, -0.15) is 5.10 Å². The minimum atomic E-state index is 0. The van der Waals surface area contributed by atoms with E-state index in [2.05, 4.69) is 10.2 Å². The number of hydrogen-bond donors (Lipinski definition) is 2. The number of nitrogens with one attached hydrogen (secondary N) is 1. The number of aromatic nitrogens is 2. The molecule has 0 radical (unpaired) electrons. The first-order valence-electron chi connectivity index (χ1n) is 5.09. The van der Waals surface area contributed by atoms with E-state index in [0.29, 0.717) is 5.69 Å². The molecule has 0 saturated heterocycles. The summed E-state index contributed by atoms with van der Waals surface area (Å²) in [6, 6.07) is 5.64. The second-order valence-electron chi connectivity index (χ2n) is 3.77. The summed E-state index contributed by atoms with van der Waals surface area (Å²) in [5.41, 5.74) is 10.5. The van der Waals surface area contributed by atoms with E-state index in [1.54, 1.807) is 7.11 Å². The van der Waals surface area contributed by atoms with Crippen molar-refractivity contribution in [2.24, 2.45) is 0 Å². The Balaban J connectivity index is 0.00000144. The number of aromatic amines is 1. The topological polar surface area (TPSA) is 63.9 Å². The average molecular weight is 290 g/mol. The van der Waals surface area contributed by atoms with Gasteiger partial charge in [-0.15, -0.1) is 24.8 Å². The van der Waals surface area contributed by atoms with Crippen molar-refractivity contribution in [1.82, 2.24) is 10.2 Å². The monoisotopic (exact) mass is 289 g/mol. The lowest BCUT2D eigenvalue weighted by atomic mass is 10.0. The molecule has 1 aromatic heterocycles. The molecule has 0 fully saturated rings. The highest BCUT2D eigenvalue weighted by molar-refractivity contribution is 5.85. The van der Waals surface area contributed by atoms with Gasteiger partial charge < -0.3 is 10.5 Å². The normalized spacial score (nSPS) is 9.28. The Hall–Kier alpha value is -1.39. The third-order valence-corrected chi connectivity index (χ3v) is 2.62. The van der Waals surface area contributed by atoms with Gasteiger partial charge in [-0.1, -0.05) is 0 Å². The van der Waals surface area contributed by atoms with E-state index in [1.807, 2.05) is 32.0 Å². The molecule has 0 unspecified atom stereocenters. The lowest BCUT2D eigenvalue weighted by molar-refractivity contribution is 0.416. The van der Waals surface area contributed by atoms with Crippen LogP contribution >= 0.6 is 24.8 Å². The zero-order chi connectivity index (χ0) is 11.7. The highest BCUT2D eigenvalue weighted by atomic mass is 35.5. The standard InChI is InChI=1S/C12H15N3O.2ClH/c1-7-12(8(2)15-14-7)10-5-4-9(13)6-11(10)16-3;;/h4-6H,13H2,1-3H3,(H,14,15);2*1H. The van der Waals surface area contributed by atoms with Crippen LogP contribution in [0.3, 0.4) is 0 Å². The maximum Gasteiger partial charge on any atom is 0.128 e. The number of anilines is 1. The number of benzene rings is 1. The number of H-pyrrole nitrogens is 1.